The van der Waals surface area contributed by atoms with Gasteiger partial charge >= 0.3 is 0 Å². The third-order valence-corrected chi connectivity index (χ3v) is 4.78. The molecule has 0 atom stereocenters. The van der Waals surface area contributed by atoms with Gasteiger partial charge in [-0.15, -0.1) is 0 Å². The highest BCUT2D eigenvalue weighted by atomic mass is 16.2. The lowest BCUT2D eigenvalue weighted by Crippen LogP contribution is -2.48. The number of hydrogen-bond donors (Lipinski definition) is 1. The summed E-state index contributed by atoms with van der Waals surface area (Å²) in [6.07, 6.45) is 5.88. The van der Waals surface area contributed by atoms with Crippen molar-refractivity contribution in [3.63, 3.8) is 0 Å². The van der Waals surface area contributed by atoms with Crippen molar-refractivity contribution >= 4 is 5.91 Å². The van der Waals surface area contributed by atoms with E-state index in [1.807, 2.05) is 11.9 Å². The van der Waals surface area contributed by atoms with E-state index in [-0.39, 0.29) is 5.41 Å². The Morgan fingerprint density at radius 2 is 1.84 bits per heavy atom. The van der Waals surface area contributed by atoms with Crippen LogP contribution in [-0.2, 0) is 4.79 Å². The summed E-state index contributed by atoms with van der Waals surface area (Å²) in [5, 5.41) is 3.36. The molecule has 1 saturated carbocycles. The highest BCUT2D eigenvalue weighted by Crippen LogP contribution is 2.37. The Labute approximate surface area is 117 Å². The van der Waals surface area contributed by atoms with Gasteiger partial charge in [-0.1, -0.05) is 26.2 Å². The third-order valence-electron chi connectivity index (χ3n) is 4.78. The Balaban J connectivity index is 1.78. The van der Waals surface area contributed by atoms with E-state index in [9.17, 15) is 4.79 Å². The molecule has 2 fully saturated rings. The second-order valence-corrected chi connectivity index (χ2v) is 6.44. The zero-order valence-corrected chi connectivity index (χ0v) is 12.6. The van der Waals surface area contributed by atoms with Crippen molar-refractivity contribution in [1.82, 2.24) is 15.1 Å². The minimum atomic E-state index is -0.0869. The van der Waals surface area contributed by atoms with Gasteiger partial charge in [-0.25, -0.2) is 0 Å². The average molecular weight is 267 g/mol. The van der Waals surface area contributed by atoms with Gasteiger partial charge in [0.25, 0.3) is 0 Å². The van der Waals surface area contributed by atoms with Gasteiger partial charge < -0.3 is 10.2 Å². The van der Waals surface area contributed by atoms with Crippen LogP contribution in [-0.4, -0.2) is 62.0 Å². The quantitative estimate of drug-likeness (QED) is 0.834. The van der Waals surface area contributed by atoms with E-state index in [4.69, 9.17) is 0 Å². The molecule has 0 spiro atoms. The van der Waals surface area contributed by atoms with E-state index in [1.165, 1.54) is 19.3 Å². The molecule has 0 radical (unpaired) electrons. The number of nitrogens with zero attached hydrogens (tertiary/aromatic N) is 2. The molecule has 1 aliphatic heterocycles. The Hall–Kier alpha value is -0.610. The summed E-state index contributed by atoms with van der Waals surface area (Å²) >= 11 is 0. The van der Waals surface area contributed by atoms with Crippen molar-refractivity contribution in [2.75, 3.05) is 46.3 Å². The molecule has 1 saturated heterocycles. The molecule has 4 heteroatoms. The maximum Gasteiger partial charge on any atom is 0.228 e. The van der Waals surface area contributed by atoms with Crippen LogP contribution < -0.4 is 5.32 Å². The van der Waals surface area contributed by atoms with Crippen molar-refractivity contribution in [1.29, 1.82) is 0 Å². The summed E-state index contributed by atoms with van der Waals surface area (Å²) in [7, 11) is 1.98. The first-order valence-electron chi connectivity index (χ1n) is 7.80. The number of rotatable bonds is 4. The third kappa shape index (κ3) is 3.93. The molecular weight excluding hydrogens is 238 g/mol. The fraction of sp³-hybridized carbons (Fsp3) is 0.933. The molecule has 1 heterocycles. The first-order chi connectivity index (χ1) is 9.12. The van der Waals surface area contributed by atoms with Gasteiger partial charge in [0.15, 0.2) is 0 Å². The fourth-order valence-corrected chi connectivity index (χ4v) is 3.33. The molecule has 1 N–H and O–H groups in total. The van der Waals surface area contributed by atoms with Crippen LogP contribution in [0, 0.1) is 5.41 Å². The van der Waals surface area contributed by atoms with Gasteiger partial charge in [-0.3, -0.25) is 9.69 Å². The van der Waals surface area contributed by atoms with Gasteiger partial charge in [0.2, 0.25) is 5.91 Å². The molecule has 2 aliphatic rings. The topological polar surface area (TPSA) is 35.6 Å². The molecule has 0 unspecified atom stereocenters. The van der Waals surface area contributed by atoms with Crippen molar-refractivity contribution in [2.24, 2.45) is 5.41 Å². The van der Waals surface area contributed by atoms with Crippen LogP contribution in [0.5, 0.6) is 0 Å². The van der Waals surface area contributed by atoms with Crippen LogP contribution in [0.2, 0.25) is 0 Å². The fourth-order valence-electron chi connectivity index (χ4n) is 3.33. The minimum Gasteiger partial charge on any atom is -0.344 e. The monoisotopic (exact) mass is 267 g/mol. The normalized spacial score (nSPS) is 24.1. The number of carbonyl (C=O) groups is 1. The molecule has 4 nitrogen and oxygen atoms in total. The lowest BCUT2D eigenvalue weighted by molar-refractivity contribution is -0.141. The van der Waals surface area contributed by atoms with Gasteiger partial charge in [-0.2, -0.15) is 0 Å². The number of nitrogens with one attached hydrogen (secondary N) is 1. The Bertz CT molecular complexity index is 294. The van der Waals surface area contributed by atoms with Crippen molar-refractivity contribution in [3.8, 4) is 0 Å². The molecule has 110 valence electrons. The Morgan fingerprint density at radius 3 is 2.47 bits per heavy atom. The summed E-state index contributed by atoms with van der Waals surface area (Å²) in [4.78, 5) is 17.0. The Morgan fingerprint density at radius 1 is 1.21 bits per heavy atom. The second-order valence-electron chi connectivity index (χ2n) is 6.44. The summed E-state index contributed by atoms with van der Waals surface area (Å²) < 4.78 is 0. The van der Waals surface area contributed by atoms with Crippen LogP contribution in [0.25, 0.3) is 0 Å². The lowest BCUT2D eigenvalue weighted by atomic mass is 9.75. The van der Waals surface area contributed by atoms with Crippen LogP contribution in [0.15, 0.2) is 0 Å². The maximum absolute atomic E-state index is 12.6. The van der Waals surface area contributed by atoms with Crippen LogP contribution in [0.3, 0.4) is 0 Å². The van der Waals surface area contributed by atoms with Crippen molar-refractivity contribution < 1.29 is 4.79 Å². The largest absolute Gasteiger partial charge is 0.344 e. The average Bonchev–Trinajstić information content (AvgIpc) is 2.46. The number of likely N-dealkylation sites (N-methyl/N-ethyl adjacent to an activating group) is 1. The van der Waals surface area contributed by atoms with E-state index < -0.39 is 0 Å². The number of amides is 1. The summed E-state index contributed by atoms with van der Waals surface area (Å²) in [5.74, 6) is 0.363. The molecule has 0 bridgehead atoms. The molecule has 0 aromatic carbocycles. The molecule has 0 aromatic rings. The van der Waals surface area contributed by atoms with Gasteiger partial charge in [0.1, 0.15) is 0 Å². The van der Waals surface area contributed by atoms with Crippen LogP contribution in [0.1, 0.15) is 39.0 Å². The van der Waals surface area contributed by atoms with Crippen LogP contribution >= 0.6 is 0 Å². The molecule has 1 aliphatic carbocycles. The Kier molecular flexibility index (Phi) is 5.22. The molecule has 2 rings (SSSR count). The summed E-state index contributed by atoms with van der Waals surface area (Å²) in [6, 6.07) is 0. The van der Waals surface area contributed by atoms with Gasteiger partial charge in [-0.05, 0) is 12.8 Å². The zero-order valence-electron chi connectivity index (χ0n) is 12.6. The maximum atomic E-state index is 12.6. The van der Waals surface area contributed by atoms with E-state index in [2.05, 4.69) is 17.1 Å². The highest BCUT2D eigenvalue weighted by Gasteiger charge is 2.36. The first-order valence-corrected chi connectivity index (χ1v) is 7.80. The molecule has 19 heavy (non-hydrogen) atoms. The predicted octanol–water partition coefficient (Wildman–Crippen LogP) is 1.32. The van der Waals surface area contributed by atoms with E-state index in [0.717, 1.165) is 52.1 Å². The first kappa shape index (κ1) is 14.8. The van der Waals surface area contributed by atoms with Crippen LogP contribution in [0.4, 0.5) is 0 Å². The molecular formula is C15H29N3O. The second kappa shape index (κ2) is 6.71. The van der Waals surface area contributed by atoms with Gasteiger partial charge in [0.05, 0.1) is 0 Å². The summed E-state index contributed by atoms with van der Waals surface area (Å²) in [5.41, 5.74) is -0.0869. The smallest absolute Gasteiger partial charge is 0.228 e. The lowest BCUT2D eigenvalue weighted by Gasteiger charge is -2.36. The highest BCUT2D eigenvalue weighted by molar-refractivity contribution is 5.82. The van der Waals surface area contributed by atoms with E-state index >= 15 is 0 Å². The number of carbonyl (C=O) groups excluding carboxylic acids is 1. The molecule has 1 amide bonds. The SMILES string of the molecule is CN(CCN1CCNCC1)C(=O)C1(C)CCCCC1. The number of piperazine rings is 1. The standard InChI is InChI=1S/C15H29N3O/c1-15(6-4-3-5-7-15)14(19)17(2)12-13-18-10-8-16-9-11-18/h16H,3-13H2,1-2H3. The zero-order chi connectivity index (χ0) is 13.7. The molecule has 0 aromatic heterocycles. The van der Waals surface area contributed by atoms with E-state index in [0.29, 0.717) is 5.91 Å². The van der Waals surface area contributed by atoms with Gasteiger partial charge in [0, 0.05) is 51.7 Å². The van der Waals surface area contributed by atoms with Crippen molar-refractivity contribution in [3.05, 3.63) is 0 Å². The predicted molar refractivity (Wildman–Crippen MR) is 78.1 cm³/mol. The minimum absolute atomic E-state index is 0.0869. The summed E-state index contributed by atoms with van der Waals surface area (Å²) in [6.45, 7) is 8.42. The van der Waals surface area contributed by atoms with E-state index in [1.54, 1.807) is 0 Å². The number of hydrogen-bond acceptors (Lipinski definition) is 3. The van der Waals surface area contributed by atoms with Crippen molar-refractivity contribution in [2.45, 2.75) is 39.0 Å².